The van der Waals surface area contributed by atoms with Crippen LogP contribution in [0.25, 0.3) is 0 Å². The first-order valence-electron chi connectivity index (χ1n) is 9.09. The Labute approximate surface area is 164 Å². The van der Waals surface area contributed by atoms with Gasteiger partial charge in [-0.25, -0.2) is 4.39 Å². The number of nitrogens with zero attached hydrogens (tertiary/aromatic N) is 1. The van der Waals surface area contributed by atoms with Crippen LogP contribution < -0.4 is 5.32 Å². The lowest BCUT2D eigenvalue weighted by Gasteiger charge is -2.43. The highest BCUT2D eigenvalue weighted by atomic mass is 35.5. The Morgan fingerprint density at radius 1 is 1.26 bits per heavy atom. The number of likely N-dealkylation sites (tertiary alicyclic amines) is 1. The summed E-state index contributed by atoms with van der Waals surface area (Å²) in [4.78, 5) is 14.0. The minimum Gasteiger partial charge on any atom is -0.387 e. The van der Waals surface area contributed by atoms with E-state index in [0.717, 1.165) is 24.2 Å². The summed E-state index contributed by atoms with van der Waals surface area (Å²) in [5.74, 6) is -0.398. The Kier molecular flexibility index (Phi) is 6.15. The number of β-amino-alcohol motifs (C(OH)–C–C–N with tert-alkyl or cyclic N) is 1. The molecule has 1 saturated heterocycles. The number of rotatable bonds is 5. The van der Waals surface area contributed by atoms with Crippen LogP contribution in [-0.4, -0.2) is 35.5 Å². The van der Waals surface area contributed by atoms with Crippen LogP contribution in [0, 0.1) is 5.82 Å². The van der Waals surface area contributed by atoms with E-state index >= 15 is 0 Å². The van der Waals surface area contributed by atoms with Crippen molar-refractivity contribution in [1.29, 1.82) is 0 Å². The number of nitrogens with one attached hydrogen (secondary N) is 1. The van der Waals surface area contributed by atoms with Gasteiger partial charge in [0, 0.05) is 31.6 Å². The molecule has 6 heteroatoms. The van der Waals surface area contributed by atoms with Crippen molar-refractivity contribution in [3.05, 3.63) is 70.5 Å². The molecule has 2 aromatic carbocycles. The molecule has 1 aliphatic rings. The van der Waals surface area contributed by atoms with E-state index in [9.17, 15) is 14.3 Å². The number of carbonyl (C=O) groups is 1. The molecule has 1 amide bonds. The number of amides is 1. The Bertz CT molecular complexity index is 789. The topological polar surface area (TPSA) is 52.6 Å². The zero-order valence-electron chi connectivity index (χ0n) is 15.3. The molecule has 0 bridgehead atoms. The molecule has 1 unspecified atom stereocenters. The largest absolute Gasteiger partial charge is 0.387 e. The fourth-order valence-electron chi connectivity index (χ4n) is 3.77. The molecule has 3 rings (SSSR count). The summed E-state index contributed by atoms with van der Waals surface area (Å²) in [6, 6.07) is 13.6. The predicted molar refractivity (Wildman–Crippen MR) is 104 cm³/mol. The Morgan fingerprint density at radius 3 is 2.52 bits per heavy atom. The van der Waals surface area contributed by atoms with Crippen molar-refractivity contribution in [2.24, 2.45) is 0 Å². The molecular formula is C21H24ClFN2O2. The molecule has 144 valence electrons. The van der Waals surface area contributed by atoms with Crippen molar-refractivity contribution < 1.29 is 14.3 Å². The molecule has 27 heavy (non-hydrogen) atoms. The first-order chi connectivity index (χ1) is 12.9. The quantitative estimate of drug-likeness (QED) is 0.819. The minimum atomic E-state index is -0.622. The lowest BCUT2D eigenvalue weighted by atomic mass is 9.80. The standard InChI is InChI=1S/C21H24ClFN2O2/c1-15(26)24-21(17-5-7-19(23)8-6-17)9-11-25(12-10-21)14-20(27)16-3-2-4-18(22)13-16/h2-8,13,20,27H,9-12,14H2,1H3,(H,24,26). The second-order valence-corrected chi connectivity index (χ2v) is 7.58. The van der Waals surface area contributed by atoms with E-state index in [1.807, 2.05) is 12.1 Å². The first-order valence-corrected chi connectivity index (χ1v) is 9.46. The van der Waals surface area contributed by atoms with Crippen LogP contribution >= 0.6 is 11.6 Å². The summed E-state index contributed by atoms with van der Waals surface area (Å²) in [7, 11) is 0. The summed E-state index contributed by atoms with van der Waals surface area (Å²) in [6.45, 7) is 3.44. The van der Waals surface area contributed by atoms with Crippen LogP contribution in [0.15, 0.2) is 48.5 Å². The maximum atomic E-state index is 13.3. The predicted octanol–water partition coefficient (Wildman–Crippen LogP) is 3.64. The lowest BCUT2D eigenvalue weighted by molar-refractivity contribution is -0.121. The Balaban J connectivity index is 1.69. The molecule has 1 heterocycles. The molecule has 4 nitrogen and oxygen atoms in total. The zero-order chi connectivity index (χ0) is 19.4. The Morgan fingerprint density at radius 2 is 1.93 bits per heavy atom. The molecule has 1 fully saturated rings. The molecule has 2 aromatic rings. The van der Waals surface area contributed by atoms with Crippen molar-refractivity contribution in [3.63, 3.8) is 0 Å². The second-order valence-electron chi connectivity index (χ2n) is 7.14. The molecular weight excluding hydrogens is 367 g/mol. The van der Waals surface area contributed by atoms with E-state index in [0.29, 0.717) is 24.4 Å². The van der Waals surface area contributed by atoms with Crippen molar-refractivity contribution in [1.82, 2.24) is 10.2 Å². The highest BCUT2D eigenvalue weighted by Gasteiger charge is 2.37. The van der Waals surface area contributed by atoms with Gasteiger partial charge in [-0.05, 0) is 48.2 Å². The number of aliphatic hydroxyl groups is 1. The SMILES string of the molecule is CC(=O)NC1(c2ccc(F)cc2)CCN(CC(O)c2cccc(Cl)c2)CC1. The van der Waals surface area contributed by atoms with Gasteiger partial charge in [0.05, 0.1) is 11.6 Å². The smallest absolute Gasteiger partial charge is 0.217 e. The van der Waals surface area contributed by atoms with Gasteiger partial charge in [-0.15, -0.1) is 0 Å². The number of piperidine rings is 1. The van der Waals surface area contributed by atoms with Crippen molar-refractivity contribution in [2.45, 2.75) is 31.4 Å². The average molecular weight is 391 g/mol. The average Bonchev–Trinajstić information content (AvgIpc) is 2.63. The van der Waals surface area contributed by atoms with Crippen LogP contribution in [0.1, 0.15) is 37.0 Å². The van der Waals surface area contributed by atoms with Crippen LogP contribution in [0.5, 0.6) is 0 Å². The minimum absolute atomic E-state index is 0.105. The van der Waals surface area contributed by atoms with E-state index in [1.54, 1.807) is 24.3 Å². The van der Waals surface area contributed by atoms with E-state index in [1.165, 1.54) is 19.1 Å². The summed E-state index contributed by atoms with van der Waals surface area (Å²) >= 11 is 6.00. The van der Waals surface area contributed by atoms with E-state index < -0.39 is 11.6 Å². The fourth-order valence-corrected chi connectivity index (χ4v) is 3.97. The number of hydrogen-bond acceptors (Lipinski definition) is 3. The van der Waals surface area contributed by atoms with Gasteiger partial charge in [0.15, 0.2) is 0 Å². The molecule has 0 saturated carbocycles. The number of aliphatic hydroxyl groups excluding tert-OH is 1. The van der Waals surface area contributed by atoms with Gasteiger partial charge in [0.2, 0.25) is 5.91 Å². The van der Waals surface area contributed by atoms with Gasteiger partial charge >= 0.3 is 0 Å². The summed E-state index contributed by atoms with van der Waals surface area (Å²) < 4.78 is 13.3. The molecule has 2 N–H and O–H groups in total. The van der Waals surface area contributed by atoms with E-state index in [2.05, 4.69) is 10.2 Å². The number of carbonyl (C=O) groups excluding carboxylic acids is 1. The second kappa shape index (κ2) is 8.38. The van der Waals surface area contributed by atoms with Crippen LogP contribution in [-0.2, 0) is 10.3 Å². The maximum absolute atomic E-state index is 13.3. The molecule has 0 aromatic heterocycles. The first kappa shape index (κ1) is 19.8. The molecule has 1 atom stereocenters. The third-order valence-electron chi connectivity index (χ3n) is 5.19. The third kappa shape index (κ3) is 4.86. The van der Waals surface area contributed by atoms with Gasteiger partial charge < -0.3 is 15.3 Å². The highest BCUT2D eigenvalue weighted by Crippen LogP contribution is 2.34. The number of hydrogen-bond donors (Lipinski definition) is 2. The number of halogens is 2. The van der Waals surface area contributed by atoms with Crippen molar-refractivity contribution in [2.75, 3.05) is 19.6 Å². The maximum Gasteiger partial charge on any atom is 0.217 e. The van der Waals surface area contributed by atoms with Gasteiger partial charge in [-0.1, -0.05) is 35.9 Å². The lowest BCUT2D eigenvalue weighted by Crippen LogP contribution is -2.53. The monoisotopic (exact) mass is 390 g/mol. The molecule has 0 radical (unpaired) electrons. The number of benzene rings is 2. The fraction of sp³-hybridized carbons (Fsp3) is 0.381. The summed E-state index contributed by atoms with van der Waals surface area (Å²) in [5.41, 5.74) is 1.20. The van der Waals surface area contributed by atoms with Crippen LogP contribution in [0.2, 0.25) is 5.02 Å². The van der Waals surface area contributed by atoms with E-state index in [4.69, 9.17) is 11.6 Å². The molecule has 0 aliphatic carbocycles. The zero-order valence-corrected chi connectivity index (χ0v) is 16.0. The molecule has 1 aliphatic heterocycles. The molecule has 0 spiro atoms. The Hall–Kier alpha value is -1.95. The van der Waals surface area contributed by atoms with Crippen LogP contribution in [0.3, 0.4) is 0 Å². The van der Waals surface area contributed by atoms with Gasteiger partial charge in [0.25, 0.3) is 0 Å². The normalized spacial score (nSPS) is 18.1. The summed E-state index contributed by atoms with van der Waals surface area (Å²) in [5, 5.41) is 14.2. The van der Waals surface area contributed by atoms with Gasteiger partial charge in [0.1, 0.15) is 5.82 Å². The van der Waals surface area contributed by atoms with E-state index in [-0.39, 0.29) is 11.7 Å². The van der Waals surface area contributed by atoms with Crippen LogP contribution in [0.4, 0.5) is 4.39 Å². The highest BCUT2D eigenvalue weighted by molar-refractivity contribution is 6.30. The summed E-state index contributed by atoms with van der Waals surface area (Å²) in [6.07, 6.45) is 0.767. The van der Waals surface area contributed by atoms with Crippen molar-refractivity contribution >= 4 is 17.5 Å². The van der Waals surface area contributed by atoms with Crippen molar-refractivity contribution in [3.8, 4) is 0 Å². The van der Waals surface area contributed by atoms with Gasteiger partial charge in [-0.2, -0.15) is 0 Å². The van der Waals surface area contributed by atoms with Gasteiger partial charge in [-0.3, -0.25) is 4.79 Å². The third-order valence-corrected chi connectivity index (χ3v) is 5.42.